The number of aryl methyl sites for hydroxylation is 1. The minimum absolute atomic E-state index is 0.0542. The van der Waals surface area contributed by atoms with Gasteiger partial charge in [-0.15, -0.1) is 0 Å². The van der Waals surface area contributed by atoms with Crippen molar-refractivity contribution in [3.05, 3.63) is 58.6 Å². The Balaban J connectivity index is 1.79. The van der Waals surface area contributed by atoms with Crippen LogP contribution in [0.15, 0.2) is 47.4 Å². The molecule has 0 bridgehead atoms. The highest BCUT2D eigenvalue weighted by molar-refractivity contribution is 7.92. The monoisotopic (exact) mass is 422 g/mol. The van der Waals surface area contributed by atoms with Gasteiger partial charge in [0.2, 0.25) is 0 Å². The highest BCUT2D eigenvalue weighted by Gasteiger charge is 2.21. The lowest BCUT2D eigenvalue weighted by Gasteiger charge is -2.32. The molecule has 0 unspecified atom stereocenters. The number of piperazine rings is 1. The van der Waals surface area contributed by atoms with Crippen molar-refractivity contribution < 1.29 is 13.2 Å². The van der Waals surface area contributed by atoms with Gasteiger partial charge in [0.25, 0.3) is 15.9 Å². The molecule has 2 N–H and O–H groups in total. The van der Waals surface area contributed by atoms with Crippen molar-refractivity contribution in [2.24, 2.45) is 0 Å². The van der Waals surface area contributed by atoms with Gasteiger partial charge in [-0.3, -0.25) is 14.9 Å². The molecule has 9 heteroatoms. The number of hydrazine groups is 1. The Bertz CT molecular complexity index is 973. The zero-order chi connectivity index (χ0) is 20.3. The fraction of sp³-hybridized carbons (Fsp3) is 0.316. The second kappa shape index (κ2) is 8.48. The van der Waals surface area contributed by atoms with E-state index in [-0.39, 0.29) is 16.4 Å². The van der Waals surface area contributed by atoms with Crippen LogP contribution in [-0.4, -0.2) is 57.5 Å². The van der Waals surface area contributed by atoms with Crippen molar-refractivity contribution in [3.8, 4) is 0 Å². The van der Waals surface area contributed by atoms with Gasteiger partial charge in [0.05, 0.1) is 10.6 Å². The standard InChI is InChI=1S/C19H23ClN4O3S/c1-14-6-7-15(19(25)21-24-10-8-23(2)9-11-24)12-18(14)28(26,27)22-17-5-3-4-16(20)13-17/h3-7,12-13,22H,8-11H2,1-2H3,(H,21,25). The Morgan fingerprint density at radius 3 is 2.46 bits per heavy atom. The summed E-state index contributed by atoms with van der Waals surface area (Å²) in [4.78, 5) is 14.8. The van der Waals surface area contributed by atoms with E-state index in [9.17, 15) is 13.2 Å². The van der Waals surface area contributed by atoms with Crippen LogP contribution >= 0.6 is 11.6 Å². The highest BCUT2D eigenvalue weighted by atomic mass is 35.5. The fourth-order valence-electron chi connectivity index (χ4n) is 2.92. The first-order chi connectivity index (χ1) is 13.2. The third-order valence-electron chi connectivity index (χ3n) is 4.58. The molecule has 1 heterocycles. The van der Waals surface area contributed by atoms with Gasteiger partial charge in [0, 0.05) is 36.8 Å². The Hall–Kier alpha value is -2.13. The molecule has 0 radical (unpaired) electrons. The summed E-state index contributed by atoms with van der Waals surface area (Å²) in [5.74, 6) is -0.330. The first-order valence-corrected chi connectivity index (χ1v) is 10.7. The predicted molar refractivity (Wildman–Crippen MR) is 110 cm³/mol. The molecule has 1 fully saturated rings. The van der Waals surface area contributed by atoms with Crippen LogP contribution in [0.1, 0.15) is 15.9 Å². The zero-order valence-electron chi connectivity index (χ0n) is 15.8. The molecule has 150 valence electrons. The van der Waals surface area contributed by atoms with E-state index < -0.39 is 10.0 Å². The highest BCUT2D eigenvalue weighted by Crippen LogP contribution is 2.22. The molecule has 7 nitrogen and oxygen atoms in total. The Kier molecular flexibility index (Phi) is 6.24. The second-order valence-corrected chi connectivity index (χ2v) is 8.91. The number of carbonyl (C=O) groups is 1. The average Bonchev–Trinajstić information content (AvgIpc) is 2.63. The van der Waals surface area contributed by atoms with E-state index in [4.69, 9.17) is 11.6 Å². The molecule has 0 saturated carbocycles. The maximum atomic E-state index is 12.8. The summed E-state index contributed by atoms with van der Waals surface area (Å²) in [6, 6.07) is 11.1. The molecule has 0 spiro atoms. The van der Waals surface area contributed by atoms with E-state index in [0.717, 1.165) is 26.2 Å². The molecule has 28 heavy (non-hydrogen) atoms. The maximum Gasteiger partial charge on any atom is 0.265 e. The van der Waals surface area contributed by atoms with Crippen LogP contribution < -0.4 is 10.1 Å². The quantitative estimate of drug-likeness (QED) is 0.772. The molecule has 0 atom stereocenters. The number of halogens is 1. The number of rotatable bonds is 5. The van der Waals surface area contributed by atoms with Gasteiger partial charge in [0.1, 0.15) is 0 Å². The van der Waals surface area contributed by atoms with Gasteiger partial charge in [-0.05, 0) is 49.9 Å². The van der Waals surface area contributed by atoms with Crippen molar-refractivity contribution >= 4 is 33.2 Å². The molecule has 0 aromatic heterocycles. The number of sulfonamides is 1. The average molecular weight is 423 g/mol. The first kappa shape index (κ1) is 20.6. The third kappa shape index (κ3) is 5.02. The van der Waals surface area contributed by atoms with Gasteiger partial charge >= 0.3 is 0 Å². The molecule has 0 aliphatic carbocycles. The van der Waals surface area contributed by atoms with E-state index in [2.05, 4.69) is 15.0 Å². The summed E-state index contributed by atoms with van der Waals surface area (Å²) in [6.07, 6.45) is 0. The Morgan fingerprint density at radius 1 is 1.07 bits per heavy atom. The van der Waals surface area contributed by atoms with Gasteiger partial charge in [-0.2, -0.15) is 0 Å². The topological polar surface area (TPSA) is 81.8 Å². The second-order valence-electron chi connectivity index (χ2n) is 6.83. The summed E-state index contributed by atoms with van der Waals surface area (Å²) >= 11 is 5.92. The van der Waals surface area contributed by atoms with Gasteiger partial charge in [-0.1, -0.05) is 23.7 Å². The Morgan fingerprint density at radius 2 is 1.79 bits per heavy atom. The van der Waals surface area contributed by atoms with Crippen molar-refractivity contribution in [2.45, 2.75) is 11.8 Å². The van der Waals surface area contributed by atoms with Crippen molar-refractivity contribution in [3.63, 3.8) is 0 Å². The van der Waals surface area contributed by atoms with Crippen LogP contribution in [-0.2, 0) is 10.0 Å². The van der Waals surface area contributed by atoms with Crippen LogP contribution in [0.25, 0.3) is 0 Å². The number of amides is 1. The van der Waals surface area contributed by atoms with Gasteiger partial charge < -0.3 is 4.90 Å². The lowest BCUT2D eigenvalue weighted by Crippen LogP contribution is -2.52. The molecule has 1 amide bonds. The summed E-state index contributed by atoms with van der Waals surface area (Å²) in [5.41, 5.74) is 4.04. The largest absolute Gasteiger partial charge is 0.304 e. The number of hydrogen-bond acceptors (Lipinski definition) is 5. The molecule has 3 rings (SSSR count). The summed E-state index contributed by atoms with van der Waals surface area (Å²) in [5, 5.41) is 2.28. The predicted octanol–water partition coefficient (Wildman–Crippen LogP) is 2.34. The molecule has 1 aliphatic heterocycles. The lowest BCUT2D eigenvalue weighted by atomic mass is 10.1. The van der Waals surface area contributed by atoms with Crippen LogP contribution in [0.2, 0.25) is 5.02 Å². The minimum Gasteiger partial charge on any atom is -0.304 e. The minimum atomic E-state index is -3.87. The van der Waals surface area contributed by atoms with Crippen LogP contribution in [0.5, 0.6) is 0 Å². The van der Waals surface area contributed by atoms with E-state index in [1.165, 1.54) is 12.1 Å². The van der Waals surface area contributed by atoms with Gasteiger partial charge in [-0.25, -0.2) is 13.4 Å². The number of anilines is 1. The number of likely N-dealkylation sites (N-methyl/N-ethyl adjacent to an activating group) is 1. The number of nitrogens with zero attached hydrogens (tertiary/aromatic N) is 2. The lowest BCUT2D eigenvalue weighted by molar-refractivity contribution is 0.0662. The fourth-order valence-corrected chi connectivity index (χ4v) is 4.43. The summed E-state index contributed by atoms with van der Waals surface area (Å²) < 4.78 is 28.2. The van der Waals surface area contributed by atoms with Crippen molar-refractivity contribution in [1.82, 2.24) is 15.3 Å². The molecule has 1 saturated heterocycles. The molecular weight excluding hydrogens is 400 g/mol. The molecule has 2 aromatic rings. The maximum absolute atomic E-state index is 12.8. The smallest absolute Gasteiger partial charge is 0.265 e. The SMILES string of the molecule is Cc1ccc(C(=O)NN2CCN(C)CC2)cc1S(=O)(=O)Nc1cccc(Cl)c1. The van der Waals surface area contributed by atoms with E-state index in [1.54, 1.807) is 37.3 Å². The number of nitrogens with one attached hydrogen (secondary N) is 2. The van der Waals surface area contributed by atoms with E-state index >= 15 is 0 Å². The van der Waals surface area contributed by atoms with E-state index in [0.29, 0.717) is 16.3 Å². The number of hydrogen-bond donors (Lipinski definition) is 2. The van der Waals surface area contributed by atoms with E-state index in [1.807, 2.05) is 12.1 Å². The molecular formula is C19H23ClN4O3S. The van der Waals surface area contributed by atoms with Crippen molar-refractivity contribution in [2.75, 3.05) is 37.9 Å². The normalized spacial score (nSPS) is 16.0. The Labute approximate surface area is 170 Å². The summed E-state index contributed by atoms with van der Waals surface area (Å²) in [6.45, 7) is 4.84. The summed E-state index contributed by atoms with van der Waals surface area (Å²) in [7, 11) is -1.84. The molecule has 2 aromatic carbocycles. The van der Waals surface area contributed by atoms with Crippen molar-refractivity contribution in [1.29, 1.82) is 0 Å². The van der Waals surface area contributed by atoms with Crippen LogP contribution in [0.4, 0.5) is 5.69 Å². The first-order valence-electron chi connectivity index (χ1n) is 8.88. The third-order valence-corrected chi connectivity index (χ3v) is 6.34. The number of benzene rings is 2. The van der Waals surface area contributed by atoms with Crippen LogP contribution in [0, 0.1) is 6.92 Å². The van der Waals surface area contributed by atoms with Crippen LogP contribution in [0.3, 0.4) is 0 Å². The number of carbonyl (C=O) groups excluding carboxylic acids is 1. The molecule has 1 aliphatic rings. The van der Waals surface area contributed by atoms with Gasteiger partial charge in [0.15, 0.2) is 0 Å². The zero-order valence-corrected chi connectivity index (χ0v) is 17.3.